The normalized spacial score (nSPS) is 8.79. The predicted molar refractivity (Wildman–Crippen MR) is 45.9 cm³/mol. The van der Waals surface area contributed by atoms with Gasteiger partial charge in [0, 0.05) is 5.56 Å². The highest BCUT2D eigenvalue weighted by Gasteiger charge is 2.10. The molecule has 1 aromatic carbocycles. The van der Waals surface area contributed by atoms with Crippen LogP contribution in [0.1, 0.15) is 5.56 Å². The summed E-state index contributed by atoms with van der Waals surface area (Å²) in [6, 6.07) is 2.00. The highest BCUT2D eigenvalue weighted by Crippen LogP contribution is 2.22. The topological polar surface area (TPSA) is 26.3 Å². The van der Waals surface area contributed by atoms with Crippen molar-refractivity contribution in [1.82, 2.24) is 0 Å². The number of benzene rings is 1. The van der Waals surface area contributed by atoms with E-state index in [4.69, 9.17) is 0 Å². The number of halogens is 2. The van der Waals surface area contributed by atoms with E-state index in [-0.39, 0.29) is 5.56 Å². The fraction of sp³-hybridized carbons (Fsp3) is 0.100. The second kappa shape index (κ2) is 4.38. The highest BCUT2D eigenvalue weighted by molar-refractivity contribution is 5.74. The molecule has 0 bridgehead atoms. The van der Waals surface area contributed by atoms with Crippen LogP contribution >= 0.6 is 0 Å². The number of hydrogen-bond acceptors (Lipinski definition) is 2. The summed E-state index contributed by atoms with van der Waals surface area (Å²) < 4.78 is 30.5. The maximum Gasteiger partial charge on any atom is 0.193 e. The van der Waals surface area contributed by atoms with Gasteiger partial charge in [0.2, 0.25) is 0 Å². The molecule has 0 heterocycles. The molecule has 72 valence electrons. The quantitative estimate of drug-likeness (QED) is 0.503. The number of aldehydes is 1. The fourth-order valence-corrected chi connectivity index (χ4v) is 0.940. The molecule has 0 N–H and O–H groups in total. The van der Waals surface area contributed by atoms with Crippen LogP contribution in [0.15, 0.2) is 12.1 Å². The average Bonchev–Trinajstić information content (AvgIpc) is 2.14. The first-order valence-electron chi connectivity index (χ1n) is 3.67. The third kappa shape index (κ3) is 2.07. The molecule has 2 nitrogen and oxygen atoms in total. The number of carbonyl (C=O) groups excluding carboxylic acids is 1. The molecule has 4 heteroatoms. The lowest BCUT2D eigenvalue weighted by Crippen LogP contribution is -1.93. The second-order valence-electron chi connectivity index (χ2n) is 2.36. The summed E-state index contributed by atoms with van der Waals surface area (Å²) in [4.78, 5) is 9.89. The molecule has 0 amide bonds. The van der Waals surface area contributed by atoms with Crippen molar-refractivity contribution >= 4 is 6.29 Å². The summed E-state index contributed by atoms with van der Waals surface area (Å²) in [7, 11) is 1.16. The molecule has 0 unspecified atom stereocenters. The molecular formula is C10H6F2O2. The van der Waals surface area contributed by atoms with E-state index in [0.717, 1.165) is 19.2 Å². The number of methoxy groups -OCH3 is 1. The van der Waals surface area contributed by atoms with Crippen LogP contribution in [0, 0.1) is 23.5 Å². The smallest absolute Gasteiger partial charge is 0.193 e. The van der Waals surface area contributed by atoms with Crippen molar-refractivity contribution < 1.29 is 18.3 Å². The minimum Gasteiger partial charge on any atom is -0.491 e. The molecule has 0 aromatic heterocycles. The Balaban J connectivity index is 3.20. The van der Waals surface area contributed by atoms with E-state index in [2.05, 4.69) is 16.6 Å². The summed E-state index contributed by atoms with van der Waals surface area (Å²) in [5, 5.41) is 0. The molecule has 0 spiro atoms. The van der Waals surface area contributed by atoms with Crippen LogP contribution in [0.4, 0.5) is 8.78 Å². The van der Waals surface area contributed by atoms with Crippen molar-refractivity contribution in [3.63, 3.8) is 0 Å². The van der Waals surface area contributed by atoms with Crippen molar-refractivity contribution in [1.29, 1.82) is 0 Å². The predicted octanol–water partition coefficient (Wildman–Crippen LogP) is 1.52. The van der Waals surface area contributed by atoms with Crippen LogP contribution in [0.5, 0.6) is 5.75 Å². The summed E-state index contributed by atoms with van der Waals surface area (Å²) in [6.07, 6.45) is 0.347. The van der Waals surface area contributed by atoms with Gasteiger partial charge in [-0.15, -0.1) is 0 Å². The minimum absolute atomic E-state index is 0.0906. The van der Waals surface area contributed by atoms with Gasteiger partial charge in [-0.1, -0.05) is 5.92 Å². The van der Waals surface area contributed by atoms with Gasteiger partial charge in [-0.3, -0.25) is 4.79 Å². The third-order valence-electron chi connectivity index (χ3n) is 1.48. The van der Waals surface area contributed by atoms with Crippen LogP contribution in [-0.2, 0) is 4.79 Å². The lowest BCUT2D eigenvalue weighted by molar-refractivity contribution is -0.103. The second-order valence-corrected chi connectivity index (χ2v) is 2.36. The molecule has 0 atom stereocenters. The maximum atomic E-state index is 13.0. The largest absolute Gasteiger partial charge is 0.491 e. The molecule has 0 saturated carbocycles. The molecule has 0 radical (unpaired) electrons. The first-order valence-corrected chi connectivity index (χ1v) is 3.67. The Kier molecular flexibility index (Phi) is 3.19. The monoisotopic (exact) mass is 196 g/mol. The highest BCUT2D eigenvalue weighted by atomic mass is 19.1. The Bertz CT molecular complexity index is 393. The zero-order valence-electron chi connectivity index (χ0n) is 7.30. The van der Waals surface area contributed by atoms with Crippen molar-refractivity contribution in [2.45, 2.75) is 0 Å². The van der Waals surface area contributed by atoms with Gasteiger partial charge < -0.3 is 4.74 Å². The molecule has 0 saturated heterocycles. The van der Waals surface area contributed by atoms with Gasteiger partial charge in [0.05, 0.1) is 7.11 Å². The zero-order valence-corrected chi connectivity index (χ0v) is 7.30. The van der Waals surface area contributed by atoms with Crippen LogP contribution < -0.4 is 4.74 Å². The van der Waals surface area contributed by atoms with Crippen molar-refractivity contribution in [3.05, 3.63) is 29.3 Å². The molecule has 0 aliphatic carbocycles. The van der Waals surface area contributed by atoms with Gasteiger partial charge >= 0.3 is 0 Å². The number of ether oxygens (including phenoxy) is 1. The van der Waals surface area contributed by atoms with E-state index in [1.807, 2.05) is 0 Å². The minimum atomic E-state index is -0.845. The standard InChI is InChI=1S/C10H6F2O2/c1-14-10-8(11)5-7(3-2-4-13)6-9(10)12/h4-6H,1H3. The van der Waals surface area contributed by atoms with E-state index in [9.17, 15) is 13.6 Å². The fourth-order valence-electron chi connectivity index (χ4n) is 0.940. The van der Waals surface area contributed by atoms with Crippen molar-refractivity contribution in [2.24, 2.45) is 0 Å². The van der Waals surface area contributed by atoms with E-state index in [0.29, 0.717) is 6.29 Å². The average molecular weight is 196 g/mol. The maximum absolute atomic E-state index is 13.0. The van der Waals surface area contributed by atoms with Gasteiger partial charge in [-0.2, -0.15) is 0 Å². The van der Waals surface area contributed by atoms with E-state index >= 15 is 0 Å². The Morgan fingerprint density at radius 3 is 2.36 bits per heavy atom. The van der Waals surface area contributed by atoms with Crippen LogP contribution in [0.3, 0.4) is 0 Å². The summed E-state index contributed by atoms with van der Waals surface area (Å²) >= 11 is 0. The van der Waals surface area contributed by atoms with Gasteiger partial charge in [0.25, 0.3) is 0 Å². The Morgan fingerprint density at radius 1 is 1.36 bits per heavy atom. The number of hydrogen-bond donors (Lipinski definition) is 0. The third-order valence-corrected chi connectivity index (χ3v) is 1.48. The molecule has 0 aliphatic heterocycles. The van der Waals surface area contributed by atoms with Crippen molar-refractivity contribution in [3.8, 4) is 17.6 Å². The summed E-state index contributed by atoms with van der Waals surface area (Å²) in [5.41, 5.74) is 0.0906. The lowest BCUT2D eigenvalue weighted by Gasteiger charge is -2.02. The molecule has 0 fully saturated rings. The molecule has 14 heavy (non-hydrogen) atoms. The Labute approximate surface area is 79.5 Å². The Morgan fingerprint density at radius 2 is 1.93 bits per heavy atom. The lowest BCUT2D eigenvalue weighted by atomic mass is 10.2. The summed E-state index contributed by atoms with van der Waals surface area (Å²) in [6.45, 7) is 0. The van der Waals surface area contributed by atoms with E-state index in [1.54, 1.807) is 0 Å². The molecule has 1 aromatic rings. The van der Waals surface area contributed by atoms with Gasteiger partial charge in [-0.25, -0.2) is 8.78 Å². The van der Waals surface area contributed by atoms with Crippen molar-refractivity contribution in [2.75, 3.05) is 7.11 Å². The van der Waals surface area contributed by atoms with E-state index in [1.165, 1.54) is 0 Å². The summed E-state index contributed by atoms with van der Waals surface area (Å²) in [5.74, 6) is 2.18. The Hall–Kier alpha value is -1.89. The van der Waals surface area contributed by atoms with Crippen LogP contribution in [0.2, 0.25) is 0 Å². The molecule has 0 aliphatic rings. The van der Waals surface area contributed by atoms with Crippen LogP contribution in [0.25, 0.3) is 0 Å². The SMILES string of the molecule is COc1c(F)cc(C#CC=O)cc1F. The van der Waals surface area contributed by atoms with Crippen LogP contribution in [-0.4, -0.2) is 13.4 Å². The number of carbonyl (C=O) groups is 1. The van der Waals surface area contributed by atoms with E-state index < -0.39 is 17.4 Å². The first kappa shape index (κ1) is 10.2. The van der Waals surface area contributed by atoms with Gasteiger partial charge in [-0.05, 0) is 18.1 Å². The zero-order chi connectivity index (χ0) is 10.6. The first-order chi connectivity index (χ1) is 6.69. The van der Waals surface area contributed by atoms with Gasteiger partial charge in [0.1, 0.15) is 0 Å². The molecular weight excluding hydrogens is 190 g/mol. The molecule has 1 rings (SSSR count). The number of rotatable bonds is 1. The van der Waals surface area contributed by atoms with Gasteiger partial charge in [0.15, 0.2) is 23.7 Å².